The molecule has 0 saturated carbocycles. The summed E-state index contributed by atoms with van der Waals surface area (Å²) in [6, 6.07) is 14.2. The summed E-state index contributed by atoms with van der Waals surface area (Å²) < 4.78 is 0.989. The minimum atomic E-state index is -0.687. The predicted octanol–water partition coefficient (Wildman–Crippen LogP) is 5.50. The Labute approximate surface area is 215 Å². The molecule has 1 aromatic heterocycles. The van der Waals surface area contributed by atoms with Gasteiger partial charge in [0.2, 0.25) is 5.91 Å². The van der Waals surface area contributed by atoms with E-state index in [-0.39, 0.29) is 23.1 Å². The molecule has 2 aromatic carbocycles. The third-order valence-corrected chi connectivity index (χ3v) is 6.74. The molecule has 0 spiro atoms. The zero-order chi connectivity index (χ0) is 26.5. The zero-order valence-corrected chi connectivity index (χ0v) is 22.0. The molecule has 3 aromatic rings. The van der Waals surface area contributed by atoms with Gasteiger partial charge < -0.3 is 10.6 Å². The summed E-state index contributed by atoms with van der Waals surface area (Å²) in [7, 11) is 0. The van der Waals surface area contributed by atoms with E-state index in [1.54, 1.807) is 23.7 Å². The average molecular weight is 508 g/mol. The minimum Gasteiger partial charge on any atom is -0.340 e. The molecule has 0 radical (unpaired) electrons. The van der Waals surface area contributed by atoms with E-state index >= 15 is 0 Å². The second kappa shape index (κ2) is 11.5. The van der Waals surface area contributed by atoms with Gasteiger partial charge in [-0.05, 0) is 71.2 Å². The van der Waals surface area contributed by atoms with E-state index in [1.807, 2.05) is 50.2 Å². The summed E-state index contributed by atoms with van der Waals surface area (Å²) in [4.78, 5) is 38.1. The number of rotatable bonds is 8. The first-order valence-electron chi connectivity index (χ1n) is 11.8. The summed E-state index contributed by atoms with van der Waals surface area (Å²) in [5.41, 5.74) is 3.81. The molecular formula is C28H33N3O4S. The van der Waals surface area contributed by atoms with Gasteiger partial charge in [0, 0.05) is 26.9 Å². The molecule has 0 fully saturated rings. The van der Waals surface area contributed by atoms with Crippen LogP contribution in [0.3, 0.4) is 0 Å². The molecule has 1 atom stereocenters. The van der Waals surface area contributed by atoms with Crippen LogP contribution in [0, 0.1) is 5.92 Å². The van der Waals surface area contributed by atoms with E-state index in [4.69, 9.17) is 5.21 Å². The standard InChI is InChI=1S/C28H33N3O4S/c1-17(2)14-23(30-26(33)18-6-8-20(9-7-18)28(3,4)5)27(34)29-21-10-12-24-19(15-21)16-22(36-24)11-13-25(32)31-35/h6-13,15-17,23,35H,14H2,1-5H3,(H,29,34)(H,30,33)(H,31,32)/b13-11+. The van der Waals surface area contributed by atoms with Crippen LogP contribution in [0.2, 0.25) is 0 Å². The Bertz CT molecular complexity index is 1270. The van der Waals surface area contributed by atoms with Gasteiger partial charge in [0.25, 0.3) is 11.8 Å². The molecule has 0 bridgehead atoms. The molecule has 0 aliphatic rings. The highest BCUT2D eigenvalue weighted by Gasteiger charge is 2.23. The Hall–Kier alpha value is -3.49. The number of amides is 3. The Morgan fingerprint density at radius 1 is 1.03 bits per heavy atom. The van der Waals surface area contributed by atoms with E-state index < -0.39 is 11.9 Å². The first-order valence-corrected chi connectivity index (χ1v) is 12.7. The number of anilines is 1. The summed E-state index contributed by atoms with van der Waals surface area (Å²) >= 11 is 1.48. The number of hydrogen-bond acceptors (Lipinski definition) is 5. The number of thiophene rings is 1. The summed E-state index contributed by atoms with van der Waals surface area (Å²) in [5, 5.41) is 15.4. The van der Waals surface area contributed by atoms with Gasteiger partial charge in [-0.3, -0.25) is 19.6 Å². The van der Waals surface area contributed by atoms with Crippen molar-refractivity contribution in [1.82, 2.24) is 10.8 Å². The third-order valence-electron chi connectivity index (χ3n) is 5.65. The molecule has 8 heteroatoms. The topological polar surface area (TPSA) is 108 Å². The van der Waals surface area contributed by atoms with E-state index in [9.17, 15) is 14.4 Å². The molecule has 0 saturated heterocycles. The van der Waals surface area contributed by atoms with Gasteiger partial charge in [-0.1, -0.05) is 46.8 Å². The fourth-order valence-electron chi connectivity index (χ4n) is 3.71. The Morgan fingerprint density at radius 2 is 1.72 bits per heavy atom. The summed E-state index contributed by atoms with van der Waals surface area (Å²) in [6.45, 7) is 10.4. The van der Waals surface area contributed by atoms with Crippen molar-refractivity contribution < 1.29 is 19.6 Å². The number of nitrogens with one attached hydrogen (secondary N) is 3. The first kappa shape index (κ1) is 27.1. The monoisotopic (exact) mass is 507 g/mol. The molecule has 7 nitrogen and oxygen atoms in total. The van der Waals surface area contributed by atoms with Gasteiger partial charge in [-0.15, -0.1) is 11.3 Å². The Balaban J connectivity index is 1.73. The number of carbonyl (C=O) groups is 3. The van der Waals surface area contributed by atoms with Gasteiger partial charge in [-0.2, -0.15) is 0 Å². The third kappa shape index (κ3) is 7.26. The number of hydrogen-bond donors (Lipinski definition) is 4. The fraction of sp³-hybridized carbons (Fsp3) is 0.321. The van der Waals surface area contributed by atoms with Crippen LogP contribution in [-0.4, -0.2) is 29.0 Å². The SMILES string of the molecule is CC(C)CC(NC(=O)c1ccc(C(C)(C)C)cc1)C(=O)Nc1ccc2sc(/C=C/C(=O)NO)cc2c1. The van der Waals surface area contributed by atoms with Crippen LogP contribution in [-0.2, 0) is 15.0 Å². The number of hydroxylamine groups is 1. The van der Waals surface area contributed by atoms with Crippen LogP contribution in [0.4, 0.5) is 5.69 Å². The molecule has 0 aliphatic carbocycles. The maximum Gasteiger partial charge on any atom is 0.267 e. The first-order chi connectivity index (χ1) is 17.0. The molecule has 3 amide bonds. The van der Waals surface area contributed by atoms with Crippen LogP contribution in [0.1, 0.15) is 61.8 Å². The minimum absolute atomic E-state index is 0.0102. The quantitative estimate of drug-likeness (QED) is 0.183. The van der Waals surface area contributed by atoms with Crippen molar-refractivity contribution in [3.8, 4) is 0 Å². The highest BCUT2D eigenvalue weighted by Crippen LogP contribution is 2.29. The lowest BCUT2D eigenvalue weighted by Crippen LogP contribution is -2.44. The molecule has 190 valence electrons. The van der Waals surface area contributed by atoms with E-state index in [0.29, 0.717) is 17.7 Å². The largest absolute Gasteiger partial charge is 0.340 e. The van der Waals surface area contributed by atoms with E-state index in [1.165, 1.54) is 17.4 Å². The molecule has 1 unspecified atom stereocenters. The zero-order valence-electron chi connectivity index (χ0n) is 21.2. The molecule has 4 N–H and O–H groups in total. The highest BCUT2D eigenvalue weighted by atomic mass is 32.1. The van der Waals surface area contributed by atoms with Crippen molar-refractivity contribution in [2.24, 2.45) is 5.92 Å². The smallest absolute Gasteiger partial charge is 0.267 e. The average Bonchev–Trinajstić information content (AvgIpc) is 3.23. The molecule has 3 rings (SSSR count). The maximum absolute atomic E-state index is 13.1. The molecule has 1 heterocycles. The van der Waals surface area contributed by atoms with Crippen molar-refractivity contribution in [1.29, 1.82) is 0 Å². The maximum atomic E-state index is 13.1. The Morgan fingerprint density at radius 3 is 2.33 bits per heavy atom. The van der Waals surface area contributed by atoms with Gasteiger partial charge in [0.05, 0.1) is 0 Å². The van der Waals surface area contributed by atoms with Crippen LogP contribution in [0.5, 0.6) is 0 Å². The van der Waals surface area contributed by atoms with Gasteiger partial charge in [0.15, 0.2) is 0 Å². The van der Waals surface area contributed by atoms with Crippen molar-refractivity contribution >= 4 is 50.9 Å². The van der Waals surface area contributed by atoms with Crippen LogP contribution in [0.25, 0.3) is 16.2 Å². The van der Waals surface area contributed by atoms with Crippen molar-refractivity contribution in [3.05, 3.63) is 70.6 Å². The number of benzene rings is 2. The molecule has 36 heavy (non-hydrogen) atoms. The van der Waals surface area contributed by atoms with Crippen LogP contribution in [0.15, 0.2) is 54.6 Å². The Kier molecular flexibility index (Phi) is 8.66. The van der Waals surface area contributed by atoms with Gasteiger partial charge in [0.1, 0.15) is 6.04 Å². The summed E-state index contributed by atoms with van der Waals surface area (Å²) in [6.07, 6.45) is 3.35. The van der Waals surface area contributed by atoms with Crippen LogP contribution >= 0.6 is 11.3 Å². The lowest BCUT2D eigenvalue weighted by Gasteiger charge is -2.21. The summed E-state index contributed by atoms with van der Waals surface area (Å²) in [5.74, 6) is -0.969. The van der Waals surface area contributed by atoms with Gasteiger partial charge in [-0.25, -0.2) is 5.48 Å². The van der Waals surface area contributed by atoms with E-state index in [2.05, 4.69) is 31.4 Å². The lowest BCUT2D eigenvalue weighted by atomic mass is 9.86. The fourth-order valence-corrected chi connectivity index (χ4v) is 4.66. The number of fused-ring (bicyclic) bond motifs is 1. The normalized spacial score (nSPS) is 12.6. The predicted molar refractivity (Wildman–Crippen MR) is 145 cm³/mol. The lowest BCUT2D eigenvalue weighted by molar-refractivity contribution is -0.124. The van der Waals surface area contributed by atoms with E-state index in [0.717, 1.165) is 20.5 Å². The van der Waals surface area contributed by atoms with Gasteiger partial charge >= 0.3 is 0 Å². The van der Waals surface area contributed by atoms with Crippen molar-refractivity contribution in [3.63, 3.8) is 0 Å². The second-order valence-corrected chi connectivity index (χ2v) is 11.3. The molecule has 0 aliphatic heterocycles. The van der Waals surface area contributed by atoms with Crippen molar-refractivity contribution in [2.75, 3.05) is 5.32 Å². The van der Waals surface area contributed by atoms with Crippen LogP contribution < -0.4 is 16.1 Å². The number of carbonyl (C=O) groups excluding carboxylic acids is 3. The highest BCUT2D eigenvalue weighted by molar-refractivity contribution is 7.19. The second-order valence-electron chi connectivity index (χ2n) is 10.2. The van der Waals surface area contributed by atoms with Crippen molar-refractivity contribution in [2.45, 2.75) is 52.5 Å². The molecular weight excluding hydrogens is 474 g/mol.